The van der Waals surface area contributed by atoms with Crippen LogP contribution in [0.2, 0.25) is 0 Å². The lowest BCUT2D eigenvalue weighted by Crippen LogP contribution is -2.39. The number of nitrogens with zero attached hydrogens (tertiary/aromatic N) is 4. The number of carbonyl (C=O) groups excluding carboxylic acids is 1. The monoisotopic (exact) mass is 366 g/mol. The van der Waals surface area contributed by atoms with Crippen LogP contribution in [0, 0.1) is 0 Å². The fraction of sp³-hybridized carbons (Fsp3) is 0.278. The normalized spacial score (nSPS) is 15.0. The Labute approximate surface area is 153 Å². The van der Waals surface area contributed by atoms with Crippen LogP contribution in [0.4, 0.5) is 0 Å². The quantitative estimate of drug-likeness (QED) is 0.706. The van der Waals surface area contributed by atoms with E-state index in [1.807, 2.05) is 30.3 Å². The second kappa shape index (κ2) is 7.02. The number of likely N-dealkylation sites (tertiary alicyclic amines) is 1. The predicted octanol–water partition coefficient (Wildman–Crippen LogP) is 0.664. The summed E-state index contributed by atoms with van der Waals surface area (Å²) < 4.78 is 1.59. The summed E-state index contributed by atoms with van der Waals surface area (Å²) in [6, 6.07) is 9.36. The molecular weight excluding hydrogens is 348 g/mol. The molecule has 138 valence electrons. The van der Waals surface area contributed by atoms with Crippen LogP contribution in [-0.2, 0) is 0 Å². The lowest BCUT2D eigenvalue weighted by Gasteiger charge is -2.31. The predicted molar refractivity (Wildman–Crippen MR) is 96.9 cm³/mol. The van der Waals surface area contributed by atoms with Gasteiger partial charge in [0, 0.05) is 25.2 Å². The first kappa shape index (κ1) is 17.0. The SMILES string of the molecule is O=C(c1c[nH]c(=O)cn1)N1CCC(c2n[nH]c(=O)n2-c2ccccc2)CC1. The van der Waals surface area contributed by atoms with Gasteiger partial charge < -0.3 is 9.88 Å². The number of carbonyl (C=O) groups is 1. The molecule has 4 rings (SSSR count). The van der Waals surface area contributed by atoms with Gasteiger partial charge in [-0.2, -0.15) is 5.10 Å². The maximum absolute atomic E-state index is 12.5. The number of nitrogens with one attached hydrogen (secondary N) is 2. The first-order chi connectivity index (χ1) is 13.1. The van der Waals surface area contributed by atoms with Gasteiger partial charge in [0.05, 0.1) is 11.9 Å². The van der Waals surface area contributed by atoms with Gasteiger partial charge in [-0.05, 0) is 25.0 Å². The number of piperidine rings is 1. The van der Waals surface area contributed by atoms with Crippen molar-refractivity contribution in [1.82, 2.24) is 29.6 Å². The van der Waals surface area contributed by atoms with Gasteiger partial charge in [0.25, 0.3) is 11.5 Å². The molecule has 3 aromatic rings. The van der Waals surface area contributed by atoms with E-state index >= 15 is 0 Å². The minimum absolute atomic E-state index is 0.0664. The number of aromatic amines is 2. The second-order valence-corrected chi connectivity index (χ2v) is 6.42. The van der Waals surface area contributed by atoms with E-state index in [4.69, 9.17) is 0 Å². The van der Waals surface area contributed by atoms with E-state index in [2.05, 4.69) is 20.2 Å². The first-order valence-corrected chi connectivity index (χ1v) is 8.70. The van der Waals surface area contributed by atoms with Crippen LogP contribution >= 0.6 is 0 Å². The van der Waals surface area contributed by atoms with Crippen molar-refractivity contribution in [2.75, 3.05) is 13.1 Å². The van der Waals surface area contributed by atoms with Crippen LogP contribution in [0.15, 0.2) is 52.3 Å². The highest BCUT2D eigenvalue weighted by Gasteiger charge is 2.28. The van der Waals surface area contributed by atoms with Crippen LogP contribution < -0.4 is 11.2 Å². The molecule has 3 heterocycles. The van der Waals surface area contributed by atoms with Gasteiger partial charge >= 0.3 is 5.69 Å². The smallest absolute Gasteiger partial charge is 0.337 e. The molecule has 0 atom stereocenters. The van der Waals surface area contributed by atoms with Gasteiger partial charge in [0.1, 0.15) is 11.5 Å². The van der Waals surface area contributed by atoms with Crippen LogP contribution in [0.1, 0.15) is 35.1 Å². The molecule has 0 bridgehead atoms. The number of benzene rings is 1. The van der Waals surface area contributed by atoms with E-state index in [1.165, 1.54) is 6.20 Å². The summed E-state index contributed by atoms with van der Waals surface area (Å²) in [5.41, 5.74) is 0.367. The lowest BCUT2D eigenvalue weighted by atomic mass is 9.95. The van der Waals surface area contributed by atoms with Gasteiger partial charge in [-0.1, -0.05) is 18.2 Å². The van der Waals surface area contributed by atoms with Crippen molar-refractivity contribution in [3.8, 4) is 5.69 Å². The summed E-state index contributed by atoms with van der Waals surface area (Å²) in [5, 5.41) is 6.75. The summed E-state index contributed by atoms with van der Waals surface area (Å²) in [4.78, 5) is 43.9. The van der Waals surface area contributed by atoms with Crippen molar-refractivity contribution in [2.24, 2.45) is 0 Å². The van der Waals surface area contributed by atoms with Crippen LogP contribution in [0.25, 0.3) is 5.69 Å². The molecule has 27 heavy (non-hydrogen) atoms. The maximum Gasteiger partial charge on any atom is 0.347 e. The standard InChI is InChI=1S/C18H18N6O3/c25-15-11-19-14(10-20-15)17(26)23-8-6-12(7-9-23)16-21-22-18(27)24(16)13-4-2-1-3-5-13/h1-5,10-12H,6-9H2,(H,20,25)(H,22,27). The zero-order chi connectivity index (χ0) is 18.8. The van der Waals surface area contributed by atoms with Gasteiger partial charge in [-0.25, -0.2) is 19.4 Å². The van der Waals surface area contributed by atoms with Gasteiger partial charge in [0.2, 0.25) is 0 Å². The molecule has 1 amide bonds. The fourth-order valence-electron chi connectivity index (χ4n) is 3.37. The van der Waals surface area contributed by atoms with E-state index < -0.39 is 0 Å². The number of rotatable bonds is 3. The summed E-state index contributed by atoms with van der Waals surface area (Å²) in [5.74, 6) is 0.532. The van der Waals surface area contributed by atoms with Crippen LogP contribution in [0.5, 0.6) is 0 Å². The Morgan fingerprint density at radius 2 is 1.85 bits per heavy atom. The molecule has 2 N–H and O–H groups in total. The number of amides is 1. The van der Waals surface area contributed by atoms with Crippen LogP contribution in [0.3, 0.4) is 0 Å². The van der Waals surface area contributed by atoms with Crippen molar-refractivity contribution >= 4 is 5.91 Å². The molecule has 1 saturated heterocycles. The highest BCUT2D eigenvalue weighted by molar-refractivity contribution is 5.92. The molecule has 1 aliphatic heterocycles. The highest BCUT2D eigenvalue weighted by atomic mass is 16.2. The number of para-hydroxylation sites is 1. The first-order valence-electron chi connectivity index (χ1n) is 8.70. The Kier molecular flexibility index (Phi) is 4.41. The minimum Gasteiger partial charge on any atom is -0.337 e. The summed E-state index contributed by atoms with van der Waals surface area (Å²) in [7, 11) is 0. The number of aromatic nitrogens is 5. The lowest BCUT2D eigenvalue weighted by molar-refractivity contribution is 0.0704. The third-order valence-corrected chi connectivity index (χ3v) is 4.75. The maximum atomic E-state index is 12.5. The third kappa shape index (κ3) is 3.31. The summed E-state index contributed by atoms with van der Waals surface area (Å²) in [6.45, 7) is 1.06. The molecule has 0 spiro atoms. The highest BCUT2D eigenvalue weighted by Crippen LogP contribution is 2.27. The molecule has 9 nitrogen and oxygen atoms in total. The van der Waals surface area contributed by atoms with Crippen molar-refractivity contribution in [3.05, 3.63) is 75.1 Å². The Morgan fingerprint density at radius 1 is 1.11 bits per heavy atom. The number of hydrogen-bond donors (Lipinski definition) is 2. The second-order valence-electron chi connectivity index (χ2n) is 6.42. The van der Waals surface area contributed by atoms with Crippen molar-refractivity contribution in [1.29, 1.82) is 0 Å². The largest absolute Gasteiger partial charge is 0.347 e. The van der Waals surface area contributed by atoms with E-state index in [1.54, 1.807) is 9.47 Å². The molecule has 1 aliphatic rings. The molecule has 0 unspecified atom stereocenters. The molecule has 2 aromatic heterocycles. The Balaban J connectivity index is 1.50. The molecule has 1 fully saturated rings. The zero-order valence-electron chi connectivity index (χ0n) is 14.5. The van der Waals surface area contributed by atoms with Gasteiger partial charge in [-0.15, -0.1) is 0 Å². The average Bonchev–Trinajstić information content (AvgIpc) is 3.10. The van der Waals surface area contributed by atoms with E-state index in [-0.39, 0.29) is 28.8 Å². The van der Waals surface area contributed by atoms with Crippen molar-refractivity contribution in [2.45, 2.75) is 18.8 Å². The van der Waals surface area contributed by atoms with Crippen molar-refractivity contribution < 1.29 is 4.79 Å². The molecular formula is C18H18N6O3. The molecule has 0 saturated carbocycles. The van der Waals surface area contributed by atoms with Gasteiger partial charge in [0.15, 0.2) is 0 Å². The van der Waals surface area contributed by atoms with E-state index in [0.717, 1.165) is 11.9 Å². The topological polar surface area (TPSA) is 117 Å². The Bertz CT molecular complexity index is 1040. The Morgan fingerprint density at radius 3 is 2.52 bits per heavy atom. The van der Waals surface area contributed by atoms with Gasteiger partial charge in [-0.3, -0.25) is 9.59 Å². The molecule has 9 heteroatoms. The fourth-order valence-corrected chi connectivity index (χ4v) is 3.37. The van der Waals surface area contributed by atoms with Crippen molar-refractivity contribution in [3.63, 3.8) is 0 Å². The number of hydrogen-bond acceptors (Lipinski definition) is 5. The average molecular weight is 366 g/mol. The van der Waals surface area contributed by atoms with E-state index in [0.29, 0.717) is 31.8 Å². The zero-order valence-corrected chi connectivity index (χ0v) is 14.5. The molecule has 0 aliphatic carbocycles. The van der Waals surface area contributed by atoms with Crippen LogP contribution in [-0.4, -0.2) is 48.6 Å². The van der Waals surface area contributed by atoms with E-state index in [9.17, 15) is 14.4 Å². The third-order valence-electron chi connectivity index (χ3n) is 4.75. The Hall–Kier alpha value is -3.49. The summed E-state index contributed by atoms with van der Waals surface area (Å²) >= 11 is 0. The minimum atomic E-state index is -0.345. The number of H-pyrrole nitrogens is 2. The molecule has 1 aromatic carbocycles. The summed E-state index contributed by atoms with van der Waals surface area (Å²) in [6.07, 6.45) is 3.80. The molecule has 0 radical (unpaired) electrons.